The number of carbonyl (C=O) groups is 1. The molecule has 1 N–H and O–H groups in total. The highest BCUT2D eigenvalue weighted by molar-refractivity contribution is 14.1. The molecule has 0 fully saturated rings. The molecule has 0 saturated heterocycles. The van der Waals surface area contributed by atoms with E-state index in [4.69, 9.17) is 0 Å². The second kappa shape index (κ2) is 7.23. The van der Waals surface area contributed by atoms with Crippen molar-refractivity contribution in [2.24, 2.45) is 5.10 Å². The molecular weight excluding hydrogens is 467 g/mol. The third kappa shape index (κ3) is 3.22. The number of aryl methyl sites for hydroxylation is 1. The number of amides is 1. The molecule has 2 aromatic carbocycles. The Morgan fingerprint density at radius 2 is 1.64 bits per heavy atom. The molecule has 1 amide bonds. The van der Waals surface area contributed by atoms with Gasteiger partial charge in [0.15, 0.2) is 0 Å². The number of H-pyrrole nitrogens is 1. The first kappa shape index (κ1) is 18.4. The van der Waals surface area contributed by atoms with E-state index >= 15 is 0 Å². The predicted molar refractivity (Wildman–Crippen MR) is 119 cm³/mol. The second-order valence-electron chi connectivity index (χ2n) is 6.46. The Hall–Kier alpha value is -2.94. The third-order valence-corrected chi connectivity index (χ3v) is 5.27. The molecule has 28 heavy (non-hydrogen) atoms. The molecule has 1 aliphatic rings. The zero-order valence-corrected chi connectivity index (χ0v) is 17.5. The Labute approximate surface area is 175 Å². The molecular formula is C21H17IN4O2. The zero-order chi connectivity index (χ0) is 19.8. The number of hydrogen-bond donors (Lipinski definition) is 1. The minimum absolute atomic E-state index is 0.204. The van der Waals surface area contributed by atoms with Crippen LogP contribution in [-0.4, -0.2) is 21.4 Å². The Kier molecular flexibility index (Phi) is 4.76. The molecule has 0 bridgehead atoms. The first-order valence-electron chi connectivity index (χ1n) is 8.70. The summed E-state index contributed by atoms with van der Waals surface area (Å²) in [6.45, 7) is 3.59. The van der Waals surface area contributed by atoms with Gasteiger partial charge in [-0.15, -0.1) is 0 Å². The maximum atomic E-state index is 12.9. The number of nitrogens with one attached hydrogen (secondary N) is 1. The lowest BCUT2D eigenvalue weighted by molar-refractivity contribution is -0.114. The van der Waals surface area contributed by atoms with Crippen LogP contribution in [0.3, 0.4) is 0 Å². The standard InChI is InChI=1S/C21H17IN4O2/c1-13-18(20(27)25(23-13)16-6-4-3-5-7-16)12-19-14(2)24-26(21(19)28)17-10-8-15(22)9-11-17/h3-12,24H,1-2H3. The summed E-state index contributed by atoms with van der Waals surface area (Å²) in [6, 6.07) is 16.9. The van der Waals surface area contributed by atoms with Crippen LogP contribution < -0.4 is 10.6 Å². The maximum Gasteiger partial charge on any atom is 0.280 e. The lowest BCUT2D eigenvalue weighted by Crippen LogP contribution is -2.21. The predicted octanol–water partition coefficient (Wildman–Crippen LogP) is 3.88. The summed E-state index contributed by atoms with van der Waals surface area (Å²) in [7, 11) is 0. The van der Waals surface area contributed by atoms with Crippen LogP contribution in [0.4, 0.5) is 5.69 Å². The van der Waals surface area contributed by atoms with Crippen LogP contribution in [0.15, 0.2) is 70.1 Å². The summed E-state index contributed by atoms with van der Waals surface area (Å²) < 4.78 is 2.57. The summed E-state index contributed by atoms with van der Waals surface area (Å²) in [5.74, 6) is -0.246. The Balaban J connectivity index is 1.74. The minimum atomic E-state index is -0.246. The zero-order valence-electron chi connectivity index (χ0n) is 15.3. The van der Waals surface area contributed by atoms with Gasteiger partial charge >= 0.3 is 0 Å². The van der Waals surface area contributed by atoms with E-state index in [-0.39, 0.29) is 11.5 Å². The van der Waals surface area contributed by atoms with Crippen LogP contribution >= 0.6 is 22.6 Å². The summed E-state index contributed by atoms with van der Waals surface area (Å²) in [5, 5.41) is 8.81. The largest absolute Gasteiger partial charge is 0.295 e. The number of halogens is 1. The molecule has 4 rings (SSSR count). The number of anilines is 1. The minimum Gasteiger partial charge on any atom is -0.295 e. The number of rotatable bonds is 3. The molecule has 0 aliphatic carbocycles. The Bertz CT molecular complexity index is 1170. The van der Waals surface area contributed by atoms with E-state index in [1.807, 2.05) is 61.5 Å². The number of benzene rings is 2. The lowest BCUT2D eigenvalue weighted by atomic mass is 10.1. The van der Waals surface area contributed by atoms with E-state index in [1.54, 1.807) is 13.0 Å². The van der Waals surface area contributed by atoms with Crippen molar-refractivity contribution < 1.29 is 4.79 Å². The third-order valence-electron chi connectivity index (χ3n) is 4.55. The van der Waals surface area contributed by atoms with Gasteiger partial charge in [0.2, 0.25) is 0 Å². The number of para-hydroxylation sites is 1. The molecule has 0 unspecified atom stereocenters. The highest BCUT2D eigenvalue weighted by Crippen LogP contribution is 2.24. The molecule has 140 valence electrons. The highest BCUT2D eigenvalue weighted by atomic mass is 127. The van der Waals surface area contributed by atoms with Gasteiger partial charge in [-0.25, -0.2) is 4.68 Å². The van der Waals surface area contributed by atoms with E-state index < -0.39 is 0 Å². The first-order chi connectivity index (χ1) is 13.5. The average molecular weight is 484 g/mol. The topological polar surface area (TPSA) is 70.5 Å². The van der Waals surface area contributed by atoms with E-state index in [0.29, 0.717) is 28.2 Å². The average Bonchev–Trinajstić information content (AvgIpc) is 3.14. The van der Waals surface area contributed by atoms with Crippen LogP contribution in [-0.2, 0) is 4.79 Å². The summed E-state index contributed by atoms with van der Waals surface area (Å²) in [6.07, 6.45) is 1.63. The van der Waals surface area contributed by atoms with Gasteiger partial charge in [-0.3, -0.25) is 14.7 Å². The molecule has 7 heteroatoms. The van der Waals surface area contributed by atoms with Gasteiger partial charge in [0.1, 0.15) is 0 Å². The van der Waals surface area contributed by atoms with Crippen molar-refractivity contribution in [3.63, 3.8) is 0 Å². The van der Waals surface area contributed by atoms with E-state index in [0.717, 1.165) is 9.26 Å². The second-order valence-corrected chi connectivity index (χ2v) is 7.71. The van der Waals surface area contributed by atoms with Gasteiger partial charge in [0, 0.05) is 9.26 Å². The van der Waals surface area contributed by atoms with Crippen LogP contribution in [0, 0.1) is 10.5 Å². The van der Waals surface area contributed by atoms with Crippen molar-refractivity contribution >= 4 is 46.0 Å². The molecule has 0 radical (unpaired) electrons. The smallest absolute Gasteiger partial charge is 0.280 e. The van der Waals surface area contributed by atoms with Gasteiger partial charge < -0.3 is 0 Å². The van der Waals surface area contributed by atoms with Crippen LogP contribution in [0.2, 0.25) is 0 Å². The molecule has 0 spiro atoms. The number of nitrogens with zero attached hydrogens (tertiary/aromatic N) is 3. The Morgan fingerprint density at radius 1 is 0.964 bits per heavy atom. The van der Waals surface area contributed by atoms with Crippen molar-refractivity contribution in [3.05, 3.63) is 85.4 Å². The normalized spacial score (nSPS) is 15.4. The van der Waals surface area contributed by atoms with E-state index in [1.165, 1.54) is 9.69 Å². The van der Waals surface area contributed by atoms with Crippen molar-refractivity contribution in [3.8, 4) is 5.69 Å². The molecule has 1 aliphatic heterocycles. The van der Waals surface area contributed by atoms with E-state index in [2.05, 4.69) is 32.8 Å². The van der Waals surface area contributed by atoms with Crippen molar-refractivity contribution in [1.29, 1.82) is 0 Å². The number of aromatic amines is 1. The van der Waals surface area contributed by atoms with Gasteiger partial charge in [-0.1, -0.05) is 18.2 Å². The van der Waals surface area contributed by atoms with Gasteiger partial charge in [0.25, 0.3) is 11.5 Å². The fraction of sp³-hybridized carbons (Fsp3) is 0.0952. The lowest BCUT2D eigenvalue weighted by Gasteiger charge is -2.10. The number of aromatic nitrogens is 2. The van der Waals surface area contributed by atoms with Crippen LogP contribution in [0.5, 0.6) is 0 Å². The molecule has 3 aromatic rings. The highest BCUT2D eigenvalue weighted by Gasteiger charge is 2.29. The van der Waals surface area contributed by atoms with Crippen LogP contribution in [0.25, 0.3) is 11.8 Å². The SMILES string of the molecule is CC1=NN(c2ccccc2)C(=O)C1=Cc1c(C)[nH]n(-c2ccc(I)cc2)c1=O. The van der Waals surface area contributed by atoms with Crippen molar-refractivity contribution in [2.45, 2.75) is 13.8 Å². The van der Waals surface area contributed by atoms with Crippen LogP contribution in [0.1, 0.15) is 18.2 Å². The van der Waals surface area contributed by atoms with Gasteiger partial charge in [0.05, 0.1) is 28.2 Å². The first-order valence-corrected chi connectivity index (χ1v) is 9.78. The quantitative estimate of drug-likeness (QED) is 0.453. The van der Waals surface area contributed by atoms with Crippen molar-refractivity contribution in [1.82, 2.24) is 9.78 Å². The summed E-state index contributed by atoms with van der Waals surface area (Å²) in [4.78, 5) is 25.8. The number of carbonyl (C=O) groups excluding carboxylic acids is 1. The van der Waals surface area contributed by atoms with Crippen molar-refractivity contribution in [2.75, 3.05) is 5.01 Å². The monoisotopic (exact) mass is 484 g/mol. The van der Waals surface area contributed by atoms with Gasteiger partial charge in [-0.2, -0.15) is 10.1 Å². The number of hydrogen-bond acceptors (Lipinski definition) is 3. The fourth-order valence-corrected chi connectivity index (χ4v) is 3.43. The summed E-state index contributed by atoms with van der Waals surface area (Å²) >= 11 is 2.22. The van der Waals surface area contributed by atoms with E-state index in [9.17, 15) is 9.59 Å². The van der Waals surface area contributed by atoms with Gasteiger partial charge in [-0.05, 0) is 78.9 Å². The Morgan fingerprint density at radius 3 is 2.32 bits per heavy atom. The molecule has 1 aromatic heterocycles. The molecule has 6 nitrogen and oxygen atoms in total. The molecule has 0 saturated carbocycles. The summed E-state index contributed by atoms with van der Waals surface area (Å²) in [5.41, 5.74) is 3.36. The molecule has 0 atom stereocenters. The number of hydrazone groups is 1. The fourth-order valence-electron chi connectivity index (χ4n) is 3.07. The maximum absolute atomic E-state index is 12.9. The molecule has 2 heterocycles.